The molecule has 0 unspecified atom stereocenters. The van der Waals surface area contributed by atoms with Crippen LogP contribution >= 0.6 is 0 Å². The van der Waals surface area contributed by atoms with Crippen molar-refractivity contribution in [2.75, 3.05) is 13.2 Å². The second-order valence-corrected chi connectivity index (χ2v) is 6.52. The fraction of sp³-hybridized carbons (Fsp3) is 0.0741. The third-order valence-electron chi connectivity index (χ3n) is 4.27. The van der Waals surface area contributed by atoms with E-state index in [1.807, 2.05) is 121 Å². The SMILES string of the molecule is O=C1/C(=C/[c-]2cccc2)COC/C1=C\[c-]1cccc1.[Fe+2].[Fe+2].c1cc[cH-]c1.c1cc[cH-]c1. The largest absolute Gasteiger partial charge is 2.00 e. The van der Waals surface area contributed by atoms with Crippen LogP contribution in [0.3, 0.4) is 0 Å². The number of hydrogen-bond donors (Lipinski definition) is 0. The zero-order chi connectivity index (χ0) is 20.2. The Balaban J connectivity index is 0.000000331. The van der Waals surface area contributed by atoms with E-state index in [9.17, 15) is 4.79 Å². The molecule has 5 rings (SSSR count). The van der Waals surface area contributed by atoms with Crippen molar-refractivity contribution >= 4 is 17.9 Å². The van der Waals surface area contributed by atoms with E-state index in [0.29, 0.717) is 13.2 Å². The van der Waals surface area contributed by atoms with E-state index in [1.54, 1.807) is 0 Å². The van der Waals surface area contributed by atoms with Gasteiger partial charge < -0.3 is 9.53 Å². The van der Waals surface area contributed by atoms with E-state index in [0.717, 1.165) is 22.3 Å². The molecular formula is C27H24Fe2O2. The van der Waals surface area contributed by atoms with Crippen LogP contribution in [0.1, 0.15) is 11.1 Å². The number of ketones is 1. The molecule has 0 aliphatic carbocycles. The Bertz CT molecular complexity index is 857. The summed E-state index contributed by atoms with van der Waals surface area (Å²) < 4.78 is 5.51. The van der Waals surface area contributed by atoms with Crippen LogP contribution in [0.15, 0.2) is 120 Å². The predicted octanol–water partition coefficient (Wildman–Crippen LogP) is 6.00. The second-order valence-electron chi connectivity index (χ2n) is 6.52. The van der Waals surface area contributed by atoms with Crippen molar-refractivity contribution in [3.8, 4) is 0 Å². The van der Waals surface area contributed by atoms with E-state index in [1.165, 1.54) is 0 Å². The van der Waals surface area contributed by atoms with E-state index in [-0.39, 0.29) is 39.9 Å². The molecule has 0 aromatic heterocycles. The molecule has 1 aliphatic heterocycles. The fourth-order valence-corrected chi connectivity index (χ4v) is 2.84. The van der Waals surface area contributed by atoms with Crippen LogP contribution in [0.5, 0.6) is 0 Å². The standard InChI is InChI=1S/C17H14O2.2C5H5.2Fe/c18-17-15(9-13-5-1-2-6-13)11-19-12-16(17)10-14-7-3-4-8-14;2*1-2-4-5-3-1;;/h1-10H,11-12H2;2*1-5H;;/q-2;2*-1;2*+2/b15-9+,16-10+;;;;. The Morgan fingerprint density at radius 3 is 1.29 bits per heavy atom. The van der Waals surface area contributed by atoms with Crippen LogP contribution in [-0.4, -0.2) is 19.0 Å². The molecule has 0 N–H and O–H groups in total. The van der Waals surface area contributed by atoms with Gasteiger partial charge in [0, 0.05) is 13.2 Å². The third kappa shape index (κ3) is 9.48. The minimum atomic E-state index is 0. The van der Waals surface area contributed by atoms with E-state index < -0.39 is 0 Å². The van der Waals surface area contributed by atoms with Gasteiger partial charge in [-0.05, 0) is 0 Å². The third-order valence-corrected chi connectivity index (χ3v) is 4.27. The van der Waals surface area contributed by atoms with Crippen LogP contribution in [0.2, 0.25) is 0 Å². The van der Waals surface area contributed by atoms with Crippen LogP contribution in [0.4, 0.5) is 0 Å². The van der Waals surface area contributed by atoms with E-state index in [4.69, 9.17) is 4.74 Å². The Morgan fingerprint density at radius 1 is 0.645 bits per heavy atom. The molecule has 1 fully saturated rings. The zero-order valence-corrected chi connectivity index (χ0v) is 19.2. The Hall–Kier alpha value is -2.45. The van der Waals surface area contributed by atoms with Crippen LogP contribution < -0.4 is 0 Å². The summed E-state index contributed by atoms with van der Waals surface area (Å²) in [5.74, 6) is 0.0913. The van der Waals surface area contributed by atoms with Gasteiger partial charge in [-0.15, -0.1) is 47.5 Å². The van der Waals surface area contributed by atoms with Gasteiger partial charge in [0.2, 0.25) is 0 Å². The number of ether oxygens (including phenoxy) is 1. The quantitative estimate of drug-likeness (QED) is 0.195. The molecule has 0 radical (unpaired) electrons. The first-order chi connectivity index (χ1) is 14.3. The maximum absolute atomic E-state index is 12.4. The zero-order valence-electron chi connectivity index (χ0n) is 17.0. The first-order valence-corrected chi connectivity index (χ1v) is 9.63. The molecule has 1 aliphatic rings. The molecule has 1 heterocycles. The van der Waals surface area contributed by atoms with Crippen LogP contribution in [0.25, 0.3) is 12.2 Å². The van der Waals surface area contributed by atoms with Crippen molar-refractivity contribution in [1.82, 2.24) is 0 Å². The van der Waals surface area contributed by atoms with Gasteiger partial charge >= 0.3 is 34.1 Å². The summed E-state index contributed by atoms with van der Waals surface area (Å²) in [6.45, 7) is 0.782. The maximum atomic E-state index is 12.4. The van der Waals surface area contributed by atoms with Gasteiger partial charge in [-0.3, -0.25) is 0 Å². The minimum absolute atomic E-state index is 0. The van der Waals surface area contributed by atoms with Crippen molar-refractivity contribution in [2.24, 2.45) is 0 Å². The molecule has 31 heavy (non-hydrogen) atoms. The summed E-state index contributed by atoms with van der Waals surface area (Å²) in [5.41, 5.74) is 3.52. The number of carbonyl (C=O) groups excluding carboxylic acids is 1. The molecular weight excluding hydrogens is 468 g/mol. The van der Waals surface area contributed by atoms with Gasteiger partial charge in [0.25, 0.3) is 0 Å². The maximum Gasteiger partial charge on any atom is 2.00 e. The van der Waals surface area contributed by atoms with Crippen molar-refractivity contribution in [3.63, 3.8) is 0 Å². The summed E-state index contributed by atoms with van der Waals surface area (Å²) in [6, 6.07) is 35.8. The molecule has 4 aromatic carbocycles. The second kappa shape index (κ2) is 15.4. The normalized spacial score (nSPS) is 15.0. The summed E-state index contributed by atoms with van der Waals surface area (Å²) in [5, 5.41) is 0. The molecule has 0 saturated carbocycles. The van der Waals surface area contributed by atoms with Crippen LogP contribution in [0, 0.1) is 0 Å². The first-order valence-electron chi connectivity index (χ1n) is 9.63. The molecule has 0 spiro atoms. The number of hydrogen-bond acceptors (Lipinski definition) is 2. The molecule has 0 atom stereocenters. The van der Waals surface area contributed by atoms with E-state index in [2.05, 4.69) is 0 Å². The predicted molar refractivity (Wildman–Crippen MR) is 120 cm³/mol. The van der Waals surface area contributed by atoms with Crippen molar-refractivity contribution < 1.29 is 43.7 Å². The molecule has 4 heteroatoms. The molecule has 4 aromatic rings. The summed E-state index contributed by atoms with van der Waals surface area (Å²) in [7, 11) is 0. The molecule has 1 saturated heterocycles. The first kappa shape index (κ1) is 26.6. The van der Waals surface area contributed by atoms with Crippen molar-refractivity contribution in [2.45, 2.75) is 0 Å². The van der Waals surface area contributed by atoms with Gasteiger partial charge in [0.15, 0.2) is 0 Å². The van der Waals surface area contributed by atoms with Gasteiger partial charge in [-0.25, -0.2) is 24.3 Å². The van der Waals surface area contributed by atoms with E-state index >= 15 is 0 Å². The number of carbonyl (C=O) groups is 1. The number of rotatable bonds is 2. The van der Waals surface area contributed by atoms with Gasteiger partial charge in [0.1, 0.15) is 5.78 Å². The molecule has 2 nitrogen and oxygen atoms in total. The minimum Gasteiger partial charge on any atom is -0.390 e. The van der Waals surface area contributed by atoms with Gasteiger partial charge in [0.05, 0.1) is 0 Å². The Morgan fingerprint density at radius 2 is 1.00 bits per heavy atom. The average molecular weight is 492 g/mol. The summed E-state index contributed by atoms with van der Waals surface area (Å²) >= 11 is 0. The molecule has 160 valence electrons. The van der Waals surface area contributed by atoms with Crippen molar-refractivity contribution in [3.05, 3.63) is 131 Å². The number of Topliss-reactive ketones (excluding diaryl/α,β-unsaturated/α-hetero) is 1. The Kier molecular flexibility index (Phi) is 13.2. The smallest absolute Gasteiger partial charge is 0.390 e. The van der Waals surface area contributed by atoms with Gasteiger partial charge in [-0.1, -0.05) is 11.1 Å². The molecule has 0 amide bonds. The fourth-order valence-electron chi connectivity index (χ4n) is 2.84. The van der Waals surface area contributed by atoms with Crippen LogP contribution in [-0.2, 0) is 43.7 Å². The summed E-state index contributed by atoms with van der Waals surface area (Å²) in [6.07, 6.45) is 3.81. The molecule has 0 bridgehead atoms. The summed E-state index contributed by atoms with van der Waals surface area (Å²) in [4.78, 5) is 12.4. The Labute approximate surface area is 205 Å². The average Bonchev–Trinajstić information content (AvgIpc) is 3.54. The van der Waals surface area contributed by atoms with Gasteiger partial charge in [-0.2, -0.15) is 60.7 Å². The van der Waals surface area contributed by atoms with Crippen molar-refractivity contribution in [1.29, 1.82) is 0 Å². The monoisotopic (exact) mass is 492 g/mol. The topological polar surface area (TPSA) is 26.3 Å².